The number of ether oxygens (including phenoxy) is 3. The Morgan fingerprint density at radius 2 is 1.45 bits per heavy atom. The lowest BCUT2D eigenvalue weighted by Gasteiger charge is -2.45. The van der Waals surface area contributed by atoms with Crippen molar-refractivity contribution in [1.82, 2.24) is 19.7 Å². The number of rotatable bonds is 8. The van der Waals surface area contributed by atoms with Gasteiger partial charge in [-0.05, 0) is 70.0 Å². The molecule has 2 aromatic heterocycles. The first-order valence-electron chi connectivity index (χ1n) is 16.1. The summed E-state index contributed by atoms with van der Waals surface area (Å²) in [4.78, 5) is 21.8. The van der Waals surface area contributed by atoms with Gasteiger partial charge in [0.1, 0.15) is 24.5 Å². The molecule has 2 atom stereocenters. The molecule has 0 unspecified atom stereocenters. The maximum absolute atomic E-state index is 12.8. The zero-order valence-electron chi connectivity index (χ0n) is 28.0. The van der Waals surface area contributed by atoms with Crippen molar-refractivity contribution >= 4 is 22.7 Å². The Balaban J connectivity index is 1.28. The number of hydrogen-bond donors (Lipinski definition) is 0. The normalized spacial score (nSPS) is 16.7. The number of benzene rings is 3. The van der Waals surface area contributed by atoms with Gasteiger partial charge in [-0.1, -0.05) is 60.7 Å². The highest BCUT2D eigenvalue weighted by Crippen LogP contribution is 2.37. The monoisotopic (exact) mass is 633 g/mol. The fourth-order valence-electron chi connectivity index (χ4n) is 6.16. The third-order valence-corrected chi connectivity index (χ3v) is 8.24. The average Bonchev–Trinajstić information content (AvgIpc) is 3.38. The lowest BCUT2D eigenvalue weighted by atomic mass is 10.0. The average molecular weight is 634 g/mol. The summed E-state index contributed by atoms with van der Waals surface area (Å²) >= 11 is 0. The summed E-state index contributed by atoms with van der Waals surface area (Å²) in [5, 5.41) is 5.95. The quantitative estimate of drug-likeness (QED) is 0.174. The molecule has 0 radical (unpaired) electrons. The number of aromatic nitrogens is 3. The molecule has 0 aliphatic carbocycles. The Labute approximate surface area is 276 Å². The summed E-state index contributed by atoms with van der Waals surface area (Å²) < 4.78 is 20.0. The molecular weight excluding hydrogens is 590 g/mol. The largest absolute Gasteiger partial charge is 0.473 e. The molecule has 1 saturated heterocycles. The van der Waals surface area contributed by atoms with E-state index in [2.05, 4.69) is 36.9 Å². The van der Waals surface area contributed by atoms with Crippen molar-refractivity contribution in [1.29, 1.82) is 0 Å². The molecule has 6 rings (SSSR count). The van der Waals surface area contributed by atoms with Crippen LogP contribution in [0.4, 0.5) is 10.5 Å². The number of carbonyl (C=O) groups excluding carboxylic acids is 1. The first-order chi connectivity index (χ1) is 22.6. The number of fused-ring (bicyclic) bond motifs is 1. The van der Waals surface area contributed by atoms with Gasteiger partial charge < -0.3 is 24.0 Å². The molecule has 9 heteroatoms. The van der Waals surface area contributed by atoms with Crippen molar-refractivity contribution in [2.75, 3.05) is 18.0 Å². The van der Waals surface area contributed by atoms with Crippen LogP contribution in [0.2, 0.25) is 0 Å². The zero-order valence-corrected chi connectivity index (χ0v) is 28.0. The molecule has 0 saturated carbocycles. The van der Waals surface area contributed by atoms with Crippen molar-refractivity contribution in [3.63, 3.8) is 0 Å². The van der Waals surface area contributed by atoms with E-state index in [1.54, 1.807) is 0 Å². The van der Waals surface area contributed by atoms with E-state index in [1.165, 1.54) is 0 Å². The number of carbonyl (C=O) groups is 1. The summed E-state index contributed by atoms with van der Waals surface area (Å²) in [6, 6.07) is 30.5. The predicted molar refractivity (Wildman–Crippen MR) is 185 cm³/mol. The van der Waals surface area contributed by atoms with Crippen LogP contribution in [0, 0.1) is 0 Å². The lowest BCUT2D eigenvalue weighted by Crippen LogP contribution is -2.58. The highest BCUT2D eigenvalue weighted by molar-refractivity contribution is 5.96. The van der Waals surface area contributed by atoms with Crippen LogP contribution in [0.5, 0.6) is 11.8 Å². The number of anilines is 1. The van der Waals surface area contributed by atoms with Gasteiger partial charge in [0, 0.05) is 49.4 Å². The van der Waals surface area contributed by atoms with Crippen molar-refractivity contribution in [2.24, 2.45) is 7.05 Å². The van der Waals surface area contributed by atoms with Gasteiger partial charge in [0.15, 0.2) is 0 Å². The zero-order chi connectivity index (χ0) is 33.1. The van der Waals surface area contributed by atoms with Crippen LogP contribution in [0.1, 0.15) is 45.7 Å². The number of hydrogen-bond acceptors (Lipinski definition) is 7. The molecule has 244 valence electrons. The summed E-state index contributed by atoms with van der Waals surface area (Å²) in [6.07, 6.45) is -0.266. The van der Waals surface area contributed by atoms with Gasteiger partial charge in [0.25, 0.3) is 0 Å². The Morgan fingerprint density at radius 3 is 2.06 bits per heavy atom. The third-order valence-electron chi connectivity index (χ3n) is 8.24. The molecule has 3 aromatic carbocycles. The van der Waals surface area contributed by atoms with Gasteiger partial charge >= 0.3 is 6.09 Å². The Bertz CT molecular complexity index is 1820. The first kappa shape index (κ1) is 31.9. The van der Waals surface area contributed by atoms with E-state index in [-0.39, 0.29) is 18.2 Å². The van der Waals surface area contributed by atoms with Crippen LogP contribution in [0.3, 0.4) is 0 Å². The Hall–Kier alpha value is -5.05. The molecule has 1 aliphatic heterocycles. The predicted octanol–water partition coefficient (Wildman–Crippen LogP) is 7.63. The maximum Gasteiger partial charge on any atom is 0.410 e. The van der Waals surface area contributed by atoms with Gasteiger partial charge in [-0.15, -0.1) is 0 Å². The van der Waals surface area contributed by atoms with Crippen LogP contribution in [0.15, 0.2) is 91.0 Å². The maximum atomic E-state index is 12.8. The van der Waals surface area contributed by atoms with Crippen molar-refractivity contribution in [3.8, 4) is 23.0 Å². The van der Waals surface area contributed by atoms with Crippen LogP contribution < -0.4 is 14.4 Å². The van der Waals surface area contributed by atoms with Crippen LogP contribution in [0.25, 0.3) is 22.2 Å². The van der Waals surface area contributed by atoms with E-state index in [0.717, 1.165) is 39.0 Å². The minimum absolute atomic E-state index is 0.0991. The standard InChI is InChI=1S/C38H43N5O4/c1-26-22-42(37(44)47-38(3,4)5)23-27(2)43(26)30-17-18-31-33(21-30)41(6)40-35(31)32-19-20-34(45-24-28-13-9-7-10-14-28)39-36(32)46-25-29-15-11-8-12-16-29/h7-21,26-27H,22-25H2,1-6H3/t26-,27-/m1/s1. The SMILES string of the molecule is C[C@@H]1CN(C(=O)OC(C)(C)C)C[C@@H](C)N1c1ccc2c(-c3ccc(OCc4ccccc4)nc3OCc3ccccc3)nn(C)c2c1. The Kier molecular flexibility index (Phi) is 9.07. The van der Waals surface area contributed by atoms with E-state index in [9.17, 15) is 4.79 Å². The summed E-state index contributed by atoms with van der Waals surface area (Å²) in [7, 11) is 1.96. The fourth-order valence-corrected chi connectivity index (χ4v) is 6.16. The third kappa shape index (κ3) is 7.35. The molecule has 9 nitrogen and oxygen atoms in total. The van der Waals surface area contributed by atoms with Crippen molar-refractivity contribution < 1.29 is 19.0 Å². The summed E-state index contributed by atoms with van der Waals surface area (Å²) in [5.41, 5.74) is 5.23. The number of pyridine rings is 1. The van der Waals surface area contributed by atoms with Crippen LogP contribution in [-0.4, -0.2) is 56.5 Å². The van der Waals surface area contributed by atoms with Crippen molar-refractivity contribution in [3.05, 3.63) is 102 Å². The van der Waals surface area contributed by atoms with E-state index in [4.69, 9.17) is 24.3 Å². The molecule has 0 spiro atoms. The van der Waals surface area contributed by atoms with E-state index in [1.807, 2.05) is 110 Å². The second-order valence-electron chi connectivity index (χ2n) is 13.2. The van der Waals surface area contributed by atoms with Crippen LogP contribution in [-0.2, 0) is 25.0 Å². The molecule has 47 heavy (non-hydrogen) atoms. The van der Waals surface area contributed by atoms with Gasteiger partial charge in [-0.3, -0.25) is 4.68 Å². The number of aryl methyl sites for hydroxylation is 1. The number of amides is 1. The second-order valence-corrected chi connectivity index (χ2v) is 13.2. The van der Waals surface area contributed by atoms with Crippen molar-refractivity contribution in [2.45, 2.75) is 65.5 Å². The fraction of sp³-hybridized carbons (Fsp3) is 0.342. The van der Waals surface area contributed by atoms with Gasteiger partial charge in [0.2, 0.25) is 11.8 Å². The second kappa shape index (κ2) is 13.4. The molecule has 5 aromatic rings. The molecular formula is C38H43N5O4. The molecule has 1 aliphatic rings. The summed E-state index contributed by atoms with van der Waals surface area (Å²) in [5.74, 6) is 0.945. The van der Waals surface area contributed by atoms with Gasteiger partial charge in [-0.25, -0.2) is 4.79 Å². The minimum Gasteiger partial charge on any atom is -0.473 e. The number of piperazine rings is 1. The molecule has 1 fully saturated rings. The molecule has 0 bridgehead atoms. The van der Waals surface area contributed by atoms with E-state index >= 15 is 0 Å². The first-order valence-corrected chi connectivity index (χ1v) is 16.1. The van der Waals surface area contributed by atoms with Crippen LogP contribution >= 0.6 is 0 Å². The summed E-state index contributed by atoms with van der Waals surface area (Å²) in [6.45, 7) is 11.9. The van der Waals surface area contributed by atoms with E-state index < -0.39 is 5.60 Å². The minimum atomic E-state index is -0.527. The van der Waals surface area contributed by atoms with Gasteiger partial charge in [-0.2, -0.15) is 10.1 Å². The topological polar surface area (TPSA) is 82.0 Å². The van der Waals surface area contributed by atoms with E-state index in [0.29, 0.717) is 38.1 Å². The smallest absolute Gasteiger partial charge is 0.410 e. The highest BCUT2D eigenvalue weighted by atomic mass is 16.6. The lowest BCUT2D eigenvalue weighted by molar-refractivity contribution is 0.0193. The molecule has 1 amide bonds. The number of nitrogens with zero attached hydrogens (tertiary/aromatic N) is 5. The molecule has 3 heterocycles. The Morgan fingerprint density at radius 1 is 0.830 bits per heavy atom. The van der Waals surface area contributed by atoms with Gasteiger partial charge in [0.05, 0.1) is 11.1 Å². The highest BCUT2D eigenvalue weighted by Gasteiger charge is 2.34. The molecule has 0 N–H and O–H groups in total.